The highest BCUT2D eigenvalue weighted by atomic mass is 79.9. The first-order valence-corrected chi connectivity index (χ1v) is 7.49. The second-order valence-electron chi connectivity index (χ2n) is 5.88. The lowest BCUT2D eigenvalue weighted by molar-refractivity contribution is 0.476. The Kier molecular flexibility index (Phi) is 4.19. The molecule has 1 fully saturated rings. The fourth-order valence-corrected chi connectivity index (χ4v) is 2.96. The molecule has 1 aliphatic rings. The molecule has 0 atom stereocenters. The molecular formula is C15H22BrN3. The van der Waals surface area contributed by atoms with Crippen LogP contribution >= 0.6 is 15.9 Å². The molecule has 0 saturated heterocycles. The zero-order valence-electron chi connectivity index (χ0n) is 11.9. The predicted octanol–water partition coefficient (Wildman–Crippen LogP) is 3.14. The highest BCUT2D eigenvalue weighted by Crippen LogP contribution is 2.30. The van der Waals surface area contributed by atoms with Crippen LogP contribution in [0.15, 0.2) is 33.7 Å². The van der Waals surface area contributed by atoms with Crippen LogP contribution in [-0.4, -0.2) is 30.5 Å². The van der Waals surface area contributed by atoms with Crippen molar-refractivity contribution in [2.45, 2.75) is 38.1 Å². The molecule has 1 aliphatic carbocycles. The van der Waals surface area contributed by atoms with E-state index in [0.29, 0.717) is 18.5 Å². The summed E-state index contributed by atoms with van der Waals surface area (Å²) in [4.78, 5) is 6.67. The molecule has 1 aromatic rings. The molecule has 1 aromatic carbocycles. The SMILES string of the molecule is CN(C(N)=NCC(C)(C)c1ccccc1Br)C1CC1. The van der Waals surface area contributed by atoms with E-state index >= 15 is 0 Å². The molecule has 0 unspecified atom stereocenters. The van der Waals surface area contributed by atoms with E-state index in [0.717, 1.165) is 4.47 Å². The summed E-state index contributed by atoms with van der Waals surface area (Å²) in [6.45, 7) is 5.08. The maximum Gasteiger partial charge on any atom is 0.191 e. The summed E-state index contributed by atoms with van der Waals surface area (Å²) < 4.78 is 1.13. The molecular weight excluding hydrogens is 302 g/mol. The summed E-state index contributed by atoms with van der Waals surface area (Å²) in [5, 5.41) is 0. The fourth-order valence-electron chi connectivity index (χ4n) is 2.13. The molecule has 1 saturated carbocycles. The van der Waals surface area contributed by atoms with E-state index in [-0.39, 0.29) is 5.41 Å². The summed E-state index contributed by atoms with van der Waals surface area (Å²) in [6.07, 6.45) is 2.47. The molecule has 2 rings (SSSR count). The summed E-state index contributed by atoms with van der Waals surface area (Å²) in [5.41, 5.74) is 7.28. The minimum Gasteiger partial charge on any atom is -0.370 e. The van der Waals surface area contributed by atoms with E-state index in [1.807, 2.05) is 13.1 Å². The number of guanidine groups is 1. The van der Waals surface area contributed by atoms with E-state index in [1.54, 1.807) is 0 Å². The van der Waals surface area contributed by atoms with Crippen molar-refractivity contribution in [1.82, 2.24) is 4.90 Å². The Balaban J connectivity index is 2.08. The van der Waals surface area contributed by atoms with Gasteiger partial charge in [-0.05, 0) is 24.5 Å². The number of halogens is 1. The van der Waals surface area contributed by atoms with Gasteiger partial charge in [0.15, 0.2) is 5.96 Å². The van der Waals surface area contributed by atoms with E-state index < -0.39 is 0 Å². The van der Waals surface area contributed by atoms with Crippen LogP contribution in [0.5, 0.6) is 0 Å². The van der Waals surface area contributed by atoms with E-state index in [1.165, 1.54) is 18.4 Å². The van der Waals surface area contributed by atoms with Gasteiger partial charge in [-0.1, -0.05) is 48.0 Å². The van der Waals surface area contributed by atoms with Gasteiger partial charge < -0.3 is 10.6 Å². The van der Waals surface area contributed by atoms with Gasteiger partial charge in [0.2, 0.25) is 0 Å². The average molecular weight is 324 g/mol. The Hall–Kier alpha value is -1.03. The molecule has 0 amide bonds. The van der Waals surface area contributed by atoms with Crippen molar-refractivity contribution in [3.63, 3.8) is 0 Å². The number of rotatable bonds is 4. The predicted molar refractivity (Wildman–Crippen MR) is 84.4 cm³/mol. The molecule has 0 aromatic heterocycles. The second kappa shape index (κ2) is 5.53. The molecule has 104 valence electrons. The molecule has 19 heavy (non-hydrogen) atoms. The van der Waals surface area contributed by atoms with Gasteiger partial charge in [0.1, 0.15) is 0 Å². The highest BCUT2D eigenvalue weighted by Gasteiger charge is 2.28. The Labute approximate surface area is 124 Å². The molecule has 0 heterocycles. The minimum absolute atomic E-state index is 0.0326. The molecule has 3 nitrogen and oxygen atoms in total. The number of nitrogens with two attached hydrogens (primary N) is 1. The first-order valence-electron chi connectivity index (χ1n) is 6.69. The van der Waals surface area contributed by atoms with Crippen molar-refractivity contribution < 1.29 is 0 Å². The van der Waals surface area contributed by atoms with Crippen molar-refractivity contribution >= 4 is 21.9 Å². The van der Waals surface area contributed by atoms with Crippen molar-refractivity contribution in [3.8, 4) is 0 Å². The normalized spacial score (nSPS) is 16.5. The van der Waals surface area contributed by atoms with E-state index in [9.17, 15) is 0 Å². The minimum atomic E-state index is -0.0326. The monoisotopic (exact) mass is 323 g/mol. The van der Waals surface area contributed by atoms with Crippen LogP contribution in [0.25, 0.3) is 0 Å². The van der Waals surface area contributed by atoms with Gasteiger partial charge in [0.25, 0.3) is 0 Å². The topological polar surface area (TPSA) is 41.6 Å². The summed E-state index contributed by atoms with van der Waals surface area (Å²) in [7, 11) is 2.03. The molecule has 2 N–H and O–H groups in total. The zero-order chi connectivity index (χ0) is 14.0. The van der Waals surface area contributed by atoms with Crippen LogP contribution in [0.4, 0.5) is 0 Å². The van der Waals surface area contributed by atoms with Crippen LogP contribution in [0.1, 0.15) is 32.3 Å². The maximum atomic E-state index is 6.05. The number of nitrogens with zero attached hydrogens (tertiary/aromatic N) is 2. The lowest BCUT2D eigenvalue weighted by Gasteiger charge is -2.26. The second-order valence-corrected chi connectivity index (χ2v) is 6.73. The summed E-state index contributed by atoms with van der Waals surface area (Å²) in [5.74, 6) is 0.655. The number of hydrogen-bond donors (Lipinski definition) is 1. The molecule has 0 spiro atoms. The standard InChI is InChI=1S/C15H22BrN3/c1-15(2,12-6-4-5-7-13(12)16)10-18-14(17)19(3)11-8-9-11/h4-7,11H,8-10H2,1-3H3,(H2,17,18). The van der Waals surface area contributed by atoms with Gasteiger partial charge in [-0.3, -0.25) is 4.99 Å². The number of hydrogen-bond acceptors (Lipinski definition) is 1. The van der Waals surface area contributed by atoms with Gasteiger partial charge in [-0.2, -0.15) is 0 Å². The number of benzene rings is 1. The lowest BCUT2D eigenvalue weighted by atomic mass is 9.85. The quantitative estimate of drug-likeness (QED) is 0.683. The van der Waals surface area contributed by atoms with Crippen molar-refractivity contribution in [2.24, 2.45) is 10.7 Å². The van der Waals surface area contributed by atoms with E-state index in [2.05, 4.69) is 57.9 Å². The van der Waals surface area contributed by atoms with Crippen LogP contribution in [0.2, 0.25) is 0 Å². The van der Waals surface area contributed by atoms with Crippen molar-refractivity contribution in [2.75, 3.05) is 13.6 Å². The number of aliphatic imine (C=N–C) groups is 1. The van der Waals surface area contributed by atoms with Crippen LogP contribution in [-0.2, 0) is 5.41 Å². The first kappa shape index (κ1) is 14.4. The van der Waals surface area contributed by atoms with Crippen LogP contribution in [0.3, 0.4) is 0 Å². The van der Waals surface area contributed by atoms with Crippen LogP contribution in [0, 0.1) is 0 Å². The summed E-state index contributed by atoms with van der Waals surface area (Å²) >= 11 is 3.61. The maximum absolute atomic E-state index is 6.05. The molecule has 4 heteroatoms. The Morgan fingerprint density at radius 1 is 1.42 bits per heavy atom. The third-order valence-corrected chi connectivity index (χ3v) is 4.39. The van der Waals surface area contributed by atoms with Gasteiger partial charge in [-0.15, -0.1) is 0 Å². The molecule has 0 bridgehead atoms. The zero-order valence-corrected chi connectivity index (χ0v) is 13.4. The highest BCUT2D eigenvalue weighted by molar-refractivity contribution is 9.10. The third kappa shape index (κ3) is 3.50. The largest absolute Gasteiger partial charge is 0.370 e. The van der Waals surface area contributed by atoms with Gasteiger partial charge >= 0.3 is 0 Å². The first-order chi connectivity index (χ1) is 8.92. The lowest BCUT2D eigenvalue weighted by Crippen LogP contribution is -2.37. The van der Waals surface area contributed by atoms with E-state index in [4.69, 9.17) is 5.73 Å². The molecule has 0 aliphatic heterocycles. The van der Waals surface area contributed by atoms with Gasteiger partial charge in [0, 0.05) is 23.0 Å². The summed E-state index contributed by atoms with van der Waals surface area (Å²) in [6, 6.07) is 8.91. The Morgan fingerprint density at radius 2 is 2.05 bits per heavy atom. The van der Waals surface area contributed by atoms with Gasteiger partial charge in [0.05, 0.1) is 6.54 Å². The van der Waals surface area contributed by atoms with Crippen LogP contribution < -0.4 is 5.73 Å². The van der Waals surface area contributed by atoms with Crippen molar-refractivity contribution in [3.05, 3.63) is 34.3 Å². The fraction of sp³-hybridized carbons (Fsp3) is 0.533. The van der Waals surface area contributed by atoms with Gasteiger partial charge in [-0.25, -0.2) is 0 Å². The Morgan fingerprint density at radius 3 is 2.63 bits per heavy atom. The Bertz CT molecular complexity index is 478. The average Bonchev–Trinajstić information content (AvgIpc) is 3.19. The molecule has 0 radical (unpaired) electrons. The third-order valence-electron chi connectivity index (χ3n) is 3.70. The van der Waals surface area contributed by atoms with Crippen molar-refractivity contribution in [1.29, 1.82) is 0 Å². The smallest absolute Gasteiger partial charge is 0.191 e.